The van der Waals surface area contributed by atoms with Gasteiger partial charge < -0.3 is 10.4 Å². The molecule has 0 spiro atoms. The van der Waals surface area contributed by atoms with E-state index in [0.717, 1.165) is 0 Å². The smallest absolute Gasteiger partial charge is 0.393 e. The molecule has 1 heterocycles. The fraction of sp³-hybridized carbons (Fsp3) is 0.462. The number of alkyl halides is 3. The summed E-state index contributed by atoms with van der Waals surface area (Å²) in [6.07, 6.45) is -3.93. The minimum Gasteiger partial charge on any atom is -0.478 e. The van der Waals surface area contributed by atoms with E-state index in [9.17, 15) is 18.0 Å². The van der Waals surface area contributed by atoms with Gasteiger partial charge in [0.05, 0.1) is 11.5 Å². The Labute approximate surface area is 108 Å². The summed E-state index contributed by atoms with van der Waals surface area (Å²) >= 11 is 0. The summed E-state index contributed by atoms with van der Waals surface area (Å²) in [6, 6.07) is 5.79. The molecule has 0 unspecified atom stereocenters. The molecule has 2 N–H and O–H groups in total. The Morgan fingerprint density at radius 1 is 1.37 bits per heavy atom. The molecular weight excluding hydrogens is 259 g/mol. The van der Waals surface area contributed by atoms with E-state index in [-0.39, 0.29) is 12.1 Å². The molecule has 0 aromatic heterocycles. The van der Waals surface area contributed by atoms with Crippen molar-refractivity contribution in [1.82, 2.24) is 5.32 Å². The van der Waals surface area contributed by atoms with E-state index in [4.69, 9.17) is 5.11 Å². The molecule has 0 radical (unpaired) electrons. The van der Waals surface area contributed by atoms with Crippen molar-refractivity contribution in [2.24, 2.45) is 5.92 Å². The standard InChI is InChI=1S/C13H14F3NO2/c14-13(15,16)11-7-17-5-4-10(11)8-2-1-3-9(6-8)12(18)19/h1-3,6,10-11,17H,4-5,7H2,(H,18,19)/t10-,11+/m1/s1. The van der Waals surface area contributed by atoms with Gasteiger partial charge in [-0.1, -0.05) is 12.1 Å². The molecule has 1 saturated heterocycles. The lowest BCUT2D eigenvalue weighted by molar-refractivity contribution is -0.183. The van der Waals surface area contributed by atoms with Crippen LogP contribution < -0.4 is 5.32 Å². The fourth-order valence-corrected chi connectivity index (χ4v) is 2.50. The first-order valence-electron chi connectivity index (χ1n) is 6.00. The summed E-state index contributed by atoms with van der Waals surface area (Å²) in [7, 11) is 0. The maximum absolute atomic E-state index is 13.0. The second kappa shape index (κ2) is 5.21. The van der Waals surface area contributed by atoms with Gasteiger partial charge in [-0.15, -0.1) is 0 Å². The lowest BCUT2D eigenvalue weighted by Crippen LogP contribution is -2.43. The first-order chi connectivity index (χ1) is 8.89. The Morgan fingerprint density at radius 2 is 2.11 bits per heavy atom. The number of hydrogen-bond donors (Lipinski definition) is 2. The van der Waals surface area contributed by atoms with Gasteiger partial charge in [-0.05, 0) is 36.6 Å². The molecule has 1 aromatic rings. The molecule has 2 atom stereocenters. The number of aromatic carboxylic acids is 1. The third kappa shape index (κ3) is 3.07. The van der Waals surface area contributed by atoms with Gasteiger partial charge in [0, 0.05) is 6.54 Å². The highest BCUT2D eigenvalue weighted by molar-refractivity contribution is 5.87. The van der Waals surface area contributed by atoms with E-state index in [2.05, 4.69) is 5.32 Å². The molecule has 1 aliphatic rings. The lowest BCUT2D eigenvalue weighted by Gasteiger charge is -2.34. The van der Waals surface area contributed by atoms with Crippen molar-refractivity contribution in [1.29, 1.82) is 0 Å². The average molecular weight is 273 g/mol. The Kier molecular flexibility index (Phi) is 3.80. The summed E-state index contributed by atoms with van der Waals surface area (Å²) in [4.78, 5) is 10.9. The topological polar surface area (TPSA) is 49.3 Å². The van der Waals surface area contributed by atoms with Crippen molar-refractivity contribution in [3.8, 4) is 0 Å². The minimum absolute atomic E-state index is 0.0250. The van der Waals surface area contributed by atoms with Crippen LogP contribution in [-0.4, -0.2) is 30.3 Å². The summed E-state index contributed by atoms with van der Waals surface area (Å²) in [5.41, 5.74) is 0.473. The molecular formula is C13H14F3NO2. The highest BCUT2D eigenvalue weighted by Gasteiger charge is 2.46. The van der Waals surface area contributed by atoms with Gasteiger partial charge in [-0.25, -0.2) is 4.79 Å². The summed E-state index contributed by atoms with van der Waals surface area (Å²) in [5, 5.41) is 11.6. The molecule has 0 saturated carbocycles. The number of rotatable bonds is 2. The van der Waals surface area contributed by atoms with Gasteiger partial charge >= 0.3 is 12.1 Å². The van der Waals surface area contributed by atoms with Crippen LogP contribution in [0.15, 0.2) is 24.3 Å². The van der Waals surface area contributed by atoms with Gasteiger partial charge in [-0.3, -0.25) is 0 Å². The van der Waals surface area contributed by atoms with Crippen LogP contribution in [0.4, 0.5) is 13.2 Å². The normalized spacial score (nSPS) is 24.2. The first kappa shape index (κ1) is 13.9. The monoisotopic (exact) mass is 273 g/mol. The molecule has 1 fully saturated rings. The van der Waals surface area contributed by atoms with Crippen LogP contribution in [0.3, 0.4) is 0 Å². The fourth-order valence-electron chi connectivity index (χ4n) is 2.50. The SMILES string of the molecule is O=C(O)c1cccc([C@H]2CCNC[C@@H]2C(F)(F)F)c1. The first-order valence-corrected chi connectivity index (χ1v) is 6.00. The van der Waals surface area contributed by atoms with E-state index < -0.39 is 24.0 Å². The molecule has 19 heavy (non-hydrogen) atoms. The van der Waals surface area contributed by atoms with Crippen molar-refractivity contribution >= 4 is 5.97 Å². The quantitative estimate of drug-likeness (QED) is 0.871. The van der Waals surface area contributed by atoms with Gasteiger partial charge in [0.15, 0.2) is 0 Å². The molecule has 6 heteroatoms. The van der Waals surface area contributed by atoms with Crippen LogP contribution in [-0.2, 0) is 0 Å². The number of carbonyl (C=O) groups is 1. The number of carboxylic acid groups (broad SMARTS) is 1. The van der Waals surface area contributed by atoms with Crippen LogP contribution in [0, 0.1) is 5.92 Å². The predicted molar refractivity (Wildman–Crippen MR) is 63.2 cm³/mol. The number of piperidine rings is 1. The number of carboxylic acids is 1. The maximum atomic E-state index is 13.0. The van der Waals surface area contributed by atoms with Crippen LogP contribution in [0.25, 0.3) is 0 Å². The van der Waals surface area contributed by atoms with Crippen molar-refractivity contribution < 1.29 is 23.1 Å². The van der Waals surface area contributed by atoms with Crippen LogP contribution in [0.5, 0.6) is 0 Å². The Hall–Kier alpha value is -1.56. The second-order valence-corrected chi connectivity index (χ2v) is 4.68. The van der Waals surface area contributed by atoms with Gasteiger partial charge in [0.2, 0.25) is 0 Å². The van der Waals surface area contributed by atoms with Crippen LogP contribution in [0.2, 0.25) is 0 Å². The van der Waals surface area contributed by atoms with Crippen molar-refractivity contribution in [2.75, 3.05) is 13.1 Å². The molecule has 2 rings (SSSR count). The van der Waals surface area contributed by atoms with Crippen LogP contribution >= 0.6 is 0 Å². The summed E-state index contributed by atoms with van der Waals surface area (Å²) in [5.74, 6) is -3.27. The number of benzene rings is 1. The van der Waals surface area contributed by atoms with E-state index in [1.807, 2.05) is 0 Å². The van der Waals surface area contributed by atoms with Crippen LogP contribution in [0.1, 0.15) is 28.3 Å². The maximum Gasteiger partial charge on any atom is 0.393 e. The average Bonchev–Trinajstić information content (AvgIpc) is 2.38. The van der Waals surface area contributed by atoms with E-state index in [1.54, 1.807) is 6.07 Å². The van der Waals surface area contributed by atoms with Crippen molar-refractivity contribution in [2.45, 2.75) is 18.5 Å². The predicted octanol–water partition coefficient (Wildman–Crippen LogP) is 2.64. The van der Waals surface area contributed by atoms with Gasteiger partial charge in [0.1, 0.15) is 0 Å². The molecule has 1 aliphatic heterocycles. The zero-order valence-electron chi connectivity index (χ0n) is 10.1. The lowest BCUT2D eigenvalue weighted by atomic mass is 9.80. The molecule has 0 amide bonds. The molecule has 3 nitrogen and oxygen atoms in total. The van der Waals surface area contributed by atoms with E-state index >= 15 is 0 Å². The third-order valence-corrected chi connectivity index (χ3v) is 3.46. The van der Waals surface area contributed by atoms with Crippen molar-refractivity contribution in [3.63, 3.8) is 0 Å². The Balaban J connectivity index is 2.32. The Morgan fingerprint density at radius 3 is 2.74 bits per heavy atom. The number of halogens is 3. The summed E-state index contributed by atoms with van der Waals surface area (Å²) < 4.78 is 38.9. The third-order valence-electron chi connectivity index (χ3n) is 3.46. The second-order valence-electron chi connectivity index (χ2n) is 4.68. The van der Waals surface area contributed by atoms with Gasteiger partial charge in [0.25, 0.3) is 0 Å². The highest BCUT2D eigenvalue weighted by atomic mass is 19.4. The molecule has 104 valence electrons. The largest absolute Gasteiger partial charge is 0.478 e. The molecule has 0 bridgehead atoms. The number of nitrogens with one attached hydrogen (secondary N) is 1. The summed E-state index contributed by atoms with van der Waals surface area (Å²) in [6.45, 7) is 0.389. The zero-order valence-corrected chi connectivity index (χ0v) is 10.1. The number of hydrogen-bond acceptors (Lipinski definition) is 2. The highest BCUT2D eigenvalue weighted by Crippen LogP contribution is 2.40. The van der Waals surface area contributed by atoms with Gasteiger partial charge in [-0.2, -0.15) is 13.2 Å². The zero-order chi connectivity index (χ0) is 14.0. The Bertz CT molecular complexity index is 473. The molecule has 0 aliphatic carbocycles. The molecule has 1 aromatic carbocycles. The minimum atomic E-state index is -4.28. The van der Waals surface area contributed by atoms with E-state index in [0.29, 0.717) is 18.5 Å². The van der Waals surface area contributed by atoms with E-state index in [1.165, 1.54) is 18.2 Å². The van der Waals surface area contributed by atoms with Crippen molar-refractivity contribution in [3.05, 3.63) is 35.4 Å².